The molecular formula is C19H22BrN9O. The molecule has 0 aliphatic carbocycles. The molecule has 156 valence electrons. The molecule has 4 rings (SSSR count). The molecule has 1 atom stereocenters. The quantitative estimate of drug-likeness (QED) is 0.350. The molecule has 0 bridgehead atoms. The van der Waals surface area contributed by atoms with Crippen LogP contribution in [0.4, 0.5) is 5.95 Å². The zero-order valence-corrected chi connectivity index (χ0v) is 18.4. The van der Waals surface area contributed by atoms with E-state index in [0.717, 1.165) is 20.9 Å². The zero-order chi connectivity index (χ0) is 21.3. The molecule has 0 radical (unpaired) electrons. The number of nitrogens with zero attached hydrogens (tertiary/aromatic N) is 6. The standard InChI is InChI=1S/C19H22BrN9O/c1-11(18(30)22-8-7-21-2)24-19-25-15-13(5-4-6-14(15)20)17-26-16(27-29(17)19)12-9-23-28(3)10-12/h4-6,9-11,21H,7-8H2,1-3H3,(H,22,30)(H,24,25)/t11-/m1/s1. The van der Waals surface area contributed by atoms with Crippen molar-refractivity contribution in [2.45, 2.75) is 13.0 Å². The van der Waals surface area contributed by atoms with Crippen LogP contribution in [0, 0.1) is 0 Å². The molecular weight excluding hydrogens is 450 g/mol. The van der Waals surface area contributed by atoms with Crippen molar-refractivity contribution in [2.24, 2.45) is 7.05 Å². The fourth-order valence-corrected chi connectivity index (χ4v) is 3.53. The summed E-state index contributed by atoms with van der Waals surface area (Å²) in [6.45, 7) is 3.02. The van der Waals surface area contributed by atoms with Crippen LogP contribution in [0.3, 0.4) is 0 Å². The van der Waals surface area contributed by atoms with Crippen molar-refractivity contribution in [3.05, 3.63) is 35.1 Å². The molecule has 10 nitrogen and oxygen atoms in total. The minimum atomic E-state index is -0.511. The normalized spacial score (nSPS) is 12.4. The van der Waals surface area contributed by atoms with Gasteiger partial charge in [-0.15, -0.1) is 5.10 Å². The summed E-state index contributed by atoms with van der Waals surface area (Å²) in [6, 6.07) is 5.28. The van der Waals surface area contributed by atoms with Gasteiger partial charge in [0.1, 0.15) is 6.04 Å². The van der Waals surface area contributed by atoms with E-state index in [1.165, 1.54) is 0 Å². The highest BCUT2D eigenvalue weighted by atomic mass is 79.9. The lowest BCUT2D eigenvalue weighted by Crippen LogP contribution is -2.40. The Morgan fingerprint density at radius 2 is 2.10 bits per heavy atom. The number of benzene rings is 1. The summed E-state index contributed by atoms with van der Waals surface area (Å²) in [5.74, 6) is 0.842. The van der Waals surface area contributed by atoms with Gasteiger partial charge in [-0.25, -0.2) is 9.97 Å². The van der Waals surface area contributed by atoms with Gasteiger partial charge in [0.15, 0.2) is 11.5 Å². The van der Waals surface area contributed by atoms with Crippen LogP contribution in [0.25, 0.3) is 27.9 Å². The van der Waals surface area contributed by atoms with Gasteiger partial charge >= 0.3 is 0 Å². The third kappa shape index (κ3) is 3.85. The Hall–Kier alpha value is -3.05. The SMILES string of the molecule is CNCCNC(=O)[C@@H](C)Nc1nc2c(Br)cccc2c2nc(-c3cnn(C)c3)nn12. The second-order valence-corrected chi connectivity index (χ2v) is 7.76. The van der Waals surface area contributed by atoms with Crippen molar-refractivity contribution in [1.82, 2.24) is 40.0 Å². The molecule has 0 aliphatic heterocycles. The second-order valence-electron chi connectivity index (χ2n) is 6.91. The van der Waals surface area contributed by atoms with E-state index in [1.807, 2.05) is 38.5 Å². The predicted molar refractivity (Wildman–Crippen MR) is 118 cm³/mol. The molecule has 0 saturated carbocycles. The molecule has 0 fully saturated rings. The number of fused-ring (bicyclic) bond motifs is 3. The highest BCUT2D eigenvalue weighted by Crippen LogP contribution is 2.28. The van der Waals surface area contributed by atoms with E-state index in [0.29, 0.717) is 30.5 Å². The fourth-order valence-electron chi connectivity index (χ4n) is 3.07. The highest BCUT2D eigenvalue weighted by molar-refractivity contribution is 9.10. The minimum absolute atomic E-state index is 0.125. The Bertz CT molecular complexity index is 1220. The molecule has 1 amide bonds. The number of amides is 1. The van der Waals surface area contributed by atoms with Gasteiger partial charge in [0, 0.05) is 36.2 Å². The smallest absolute Gasteiger partial charge is 0.242 e. The Morgan fingerprint density at radius 3 is 2.83 bits per heavy atom. The Balaban J connectivity index is 1.78. The minimum Gasteiger partial charge on any atom is -0.353 e. The zero-order valence-electron chi connectivity index (χ0n) is 16.8. The van der Waals surface area contributed by atoms with Crippen molar-refractivity contribution in [2.75, 3.05) is 25.5 Å². The Labute approximate surface area is 181 Å². The number of para-hydroxylation sites is 1. The number of hydrogen-bond acceptors (Lipinski definition) is 7. The van der Waals surface area contributed by atoms with E-state index in [2.05, 4.69) is 42.1 Å². The van der Waals surface area contributed by atoms with Gasteiger partial charge in [-0.3, -0.25) is 9.48 Å². The number of hydrogen-bond donors (Lipinski definition) is 3. The summed E-state index contributed by atoms with van der Waals surface area (Å²) >= 11 is 3.56. The van der Waals surface area contributed by atoms with E-state index in [9.17, 15) is 4.79 Å². The second kappa shape index (κ2) is 8.36. The summed E-state index contributed by atoms with van der Waals surface area (Å²) in [5, 5.41) is 18.7. The van der Waals surface area contributed by atoms with Crippen LogP contribution in [0.1, 0.15) is 6.92 Å². The molecule has 4 aromatic rings. The molecule has 3 N–H and O–H groups in total. The van der Waals surface area contributed by atoms with Gasteiger partial charge in [0.2, 0.25) is 11.9 Å². The van der Waals surface area contributed by atoms with Gasteiger partial charge in [-0.2, -0.15) is 9.61 Å². The van der Waals surface area contributed by atoms with Gasteiger partial charge in [-0.1, -0.05) is 6.07 Å². The number of aromatic nitrogens is 6. The fraction of sp³-hybridized carbons (Fsp3) is 0.316. The lowest BCUT2D eigenvalue weighted by atomic mass is 10.2. The number of anilines is 1. The first-order valence-corrected chi connectivity index (χ1v) is 10.3. The van der Waals surface area contributed by atoms with Crippen molar-refractivity contribution in [3.8, 4) is 11.4 Å². The van der Waals surface area contributed by atoms with Crippen LogP contribution >= 0.6 is 15.9 Å². The van der Waals surface area contributed by atoms with Gasteiger partial charge in [-0.05, 0) is 42.0 Å². The molecule has 0 unspecified atom stereocenters. The van der Waals surface area contributed by atoms with E-state index in [1.54, 1.807) is 22.3 Å². The molecule has 0 spiro atoms. The van der Waals surface area contributed by atoms with E-state index >= 15 is 0 Å². The van der Waals surface area contributed by atoms with Crippen LogP contribution in [-0.4, -0.2) is 61.4 Å². The topological polar surface area (TPSA) is 114 Å². The van der Waals surface area contributed by atoms with Gasteiger partial charge in [0.05, 0.1) is 17.3 Å². The molecule has 11 heteroatoms. The van der Waals surface area contributed by atoms with E-state index < -0.39 is 6.04 Å². The van der Waals surface area contributed by atoms with Gasteiger partial charge < -0.3 is 16.0 Å². The molecule has 1 aromatic carbocycles. The van der Waals surface area contributed by atoms with Crippen molar-refractivity contribution in [1.29, 1.82) is 0 Å². The Kier molecular flexibility index (Phi) is 5.64. The third-order valence-corrected chi connectivity index (χ3v) is 5.27. The summed E-state index contributed by atoms with van der Waals surface area (Å²) in [7, 11) is 3.68. The number of aryl methyl sites for hydroxylation is 1. The molecule has 0 saturated heterocycles. The monoisotopic (exact) mass is 471 g/mol. The van der Waals surface area contributed by atoms with E-state index in [4.69, 9.17) is 9.97 Å². The third-order valence-electron chi connectivity index (χ3n) is 4.63. The first-order valence-electron chi connectivity index (χ1n) is 9.51. The van der Waals surface area contributed by atoms with Crippen LogP contribution in [0.15, 0.2) is 35.1 Å². The van der Waals surface area contributed by atoms with Crippen molar-refractivity contribution in [3.63, 3.8) is 0 Å². The number of rotatable bonds is 7. The summed E-state index contributed by atoms with van der Waals surface area (Å²) in [5.41, 5.74) is 2.18. The molecule has 3 aromatic heterocycles. The van der Waals surface area contributed by atoms with Gasteiger partial charge in [0.25, 0.3) is 0 Å². The molecule has 0 aliphatic rings. The number of nitrogens with one attached hydrogen (secondary N) is 3. The first-order chi connectivity index (χ1) is 14.5. The lowest BCUT2D eigenvalue weighted by molar-refractivity contribution is -0.121. The number of halogens is 1. The maximum Gasteiger partial charge on any atom is 0.242 e. The lowest BCUT2D eigenvalue weighted by Gasteiger charge is -2.16. The number of carbonyl (C=O) groups excluding carboxylic acids is 1. The Morgan fingerprint density at radius 1 is 1.27 bits per heavy atom. The summed E-state index contributed by atoms with van der Waals surface area (Å²) in [4.78, 5) is 21.9. The molecule has 3 heterocycles. The highest BCUT2D eigenvalue weighted by Gasteiger charge is 2.20. The largest absolute Gasteiger partial charge is 0.353 e. The summed E-state index contributed by atoms with van der Waals surface area (Å²) < 4.78 is 4.17. The maximum absolute atomic E-state index is 12.4. The predicted octanol–water partition coefficient (Wildman–Crippen LogP) is 1.58. The van der Waals surface area contributed by atoms with Crippen LogP contribution in [0.5, 0.6) is 0 Å². The van der Waals surface area contributed by atoms with Crippen LogP contribution in [0.2, 0.25) is 0 Å². The average Bonchev–Trinajstić information content (AvgIpc) is 3.35. The number of likely N-dealkylation sites (N-methyl/N-ethyl adjacent to an activating group) is 1. The molecule has 30 heavy (non-hydrogen) atoms. The first kappa shape index (κ1) is 20.2. The van der Waals surface area contributed by atoms with Crippen LogP contribution < -0.4 is 16.0 Å². The van der Waals surface area contributed by atoms with Crippen molar-refractivity contribution < 1.29 is 4.79 Å². The average molecular weight is 472 g/mol. The maximum atomic E-state index is 12.4. The van der Waals surface area contributed by atoms with E-state index in [-0.39, 0.29) is 5.91 Å². The van der Waals surface area contributed by atoms with Crippen molar-refractivity contribution >= 4 is 44.3 Å². The summed E-state index contributed by atoms with van der Waals surface area (Å²) in [6.07, 6.45) is 3.57. The van der Waals surface area contributed by atoms with Crippen LogP contribution in [-0.2, 0) is 11.8 Å². The number of carbonyl (C=O) groups is 1.